The van der Waals surface area contributed by atoms with Gasteiger partial charge in [0, 0.05) is 12.2 Å². The molecule has 80 valence electrons. The average molecular weight is 222 g/mol. The zero-order valence-electron chi connectivity index (χ0n) is 9.19. The van der Waals surface area contributed by atoms with Gasteiger partial charge >= 0.3 is 0 Å². The van der Waals surface area contributed by atoms with Crippen molar-refractivity contribution in [2.24, 2.45) is 0 Å². The molecule has 1 heterocycles. The normalized spacial score (nSPS) is 14.5. The number of benzene rings is 1. The first-order chi connectivity index (χ1) is 7.18. The highest BCUT2D eigenvalue weighted by Gasteiger charge is 2.26. The number of hydrogen-bond acceptors (Lipinski definition) is 1. The lowest BCUT2D eigenvalue weighted by molar-refractivity contribution is -0.116. The molecule has 0 aromatic heterocycles. The molecular formula is C12H16NOS+. The summed E-state index contributed by atoms with van der Waals surface area (Å²) in [5.74, 6) is 0.946. The molecule has 0 radical (unpaired) electrons. The van der Waals surface area contributed by atoms with Gasteiger partial charge in [0.1, 0.15) is 0 Å². The third-order valence-electron chi connectivity index (χ3n) is 2.60. The van der Waals surface area contributed by atoms with E-state index in [9.17, 15) is 4.79 Å². The third-order valence-corrected chi connectivity index (χ3v) is 3.42. The van der Waals surface area contributed by atoms with Gasteiger partial charge < -0.3 is 4.90 Å². The Kier molecular flexibility index (Phi) is 3.00. The topological polar surface area (TPSA) is 20.3 Å². The molecule has 0 unspecified atom stereocenters. The van der Waals surface area contributed by atoms with Gasteiger partial charge in [0.25, 0.3) is 5.91 Å². The quantitative estimate of drug-likeness (QED) is 0.694. The van der Waals surface area contributed by atoms with Crippen LogP contribution in [0.25, 0.3) is 0 Å². The molecule has 0 N–H and O–H groups in total. The summed E-state index contributed by atoms with van der Waals surface area (Å²) < 4.78 is 0. The number of carbonyl (C=O) groups is 1. The number of carbonyl (C=O) groups excluding carboxylic acids is 1. The second-order valence-corrected chi connectivity index (χ2v) is 6.31. The van der Waals surface area contributed by atoms with Gasteiger partial charge in [-0.05, 0) is 28.9 Å². The Bertz CT molecular complexity index is 376. The van der Waals surface area contributed by atoms with Crippen molar-refractivity contribution in [1.82, 2.24) is 0 Å². The summed E-state index contributed by atoms with van der Waals surface area (Å²) in [7, 11) is 0.190. The van der Waals surface area contributed by atoms with Gasteiger partial charge in [-0.1, -0.05) is 18.2 Å². The zero-order chi connectivity index (χ0) is 10.8. The summed E-state index contributed by atoms with van der Waals surface area (Å²) in [6.45, 7) is 0.857. The maximum absolute atomic E-state index is 12.0. The fourth-order valence-electron chi connectivity index (χ4n) is 1.92. The van der Waals surface area contributed by atoms with E-state index in [0.717, 1.165) is 18.7 Å². The highest BCUT2D eigenvalue weighted by Crippen LogP contribution is 2.27. The van der Waals surface area contributed by atoms with Crippen LogP contribution in [-0.2, 0) is 22.1 Å². The van der Waals surface area contributed by atoms with Crippen LogP contribution < -0.4 is 4.90 Å². The summed E-state index contributed by atoms with van der Waals surface area (Å²) in [6, 6.07) is 8.20. The maximum atomic E-state index is 12.0. The highest BCUT2D eigenvalue weighted by molar-refractivity contribution is 7.96. The molecule has 0 atom stereocenters. The molecule has 0 bridgehead atoms. The fourth-order valence-corrected chi connectivity index (χ4v) is 2.57. The highest BCUT2D eigenvalue weighted by atomic mass is 32.2. The monoisotopic (exact) mass is 222 g/mol. The van der Waals surface area contributed by atoms with Crippen molar-refractivity contribution in [2.75, 3.05) is 29.7 Å². The summed E-state index contributed by atoms with van der Waals surface area (Å²) in [6.07, 6.45) is 5.23. The first-order valence-corrected chi connectivity index (χ1v) is 7.32. The molecule has 0 spiro atoms. The summed E-state index contributed by atoms with van der Waals surface area (Å²) in [4.78, 5) is 13.9. The van der Waals surface area contributed by atoms with Crippen LogP contribution in [0.3, 0.4) is 0 Å². The van der Waals surface area contributed by atoms with Crippen molar-refractivity contribution in [3.05, 3.63) is 29.8 Å². The molecule has 1 aliphatic rings. The molecule has 1 amide bonds. The molecule has 3 heteroatoms. The number of anilines is 1. The number of para-hydroxylation sites is 1. The number of rotatable bonds is 2. The van der Waals surface area contributed by atoms with Crippen LogP contribution in [-0.4, -0.2) is 30.7 Å². The molecule has 0 saturated heterocycles. The number of nitrogens with zero attached hydrogens (tertiary/aromatic N) is 1. The maximum Gasteiger partial charge on any atom is 0.276 e. The second-order valence-electron chi connectivity index (χ2n) is 4.05. The van der Waals surface area contributed by atoms with E-state index in [-0.39, 0.29) is 16.8 Å². The van der Waals surface area contributed by atoms with E-state index in [2.05, 4.69) is 18.6 Å². The molecule has 0 aliphatic carbocycles. The van der Waals surface area contributed by atoms with Crippen LogP contribution in [0.1, 0.15) is 5.56 Å². The molecule has 0 fully saturated rings. The van der Waals surface area contributed by atoms with E-state index in [4.69, 9.17) is 0 Å². The Morgan fingerprint density at radius 2 is 2.13 bits per heavy atom. The Morgan fingerprint density at radius 3 is 2.87 bits per heavy atom. The van der Waals surface area contributed by atoms with Crippen molar-refractivity contribution in [2.45, 2.75) is 6.42 Å². The minimum absolute atomic E-state index is 0.190. The van der Waals surface area contributed by atoms with Crippen molar-refractivity contribution in [3.8, 4) is 0 Å². The van der Waals surface area contributed by atoms with Crippen molar-refractivity contribution >= 4 is 22.5 Å². The van der Waals surface area contributed by atoms with Gasteiger partial charge in [0.05, 0.1) is 12.5 Å². The van der Waals surface area contributed by atoms with E-state index < -0.39 is 0 Å². The van der Waals surface area contributed by atoms with E-state index in [1.165, 1.54) is 5.56 Å². The lowest BCUT2D eigenvalue weighted by Crippen LogP contribution is -2.33. The Hall–Kier alpha value is -0.960. The predicted molar refractivity (Wildman–Crippen MR) is 66.6 cm³/mol. The van der Waals surface area contributed by atoms with Gasteiger partial charge in [0.2, 0.25) is 0 Å². The molecular weight excluding hydrogens is 206 g/mol. The van der Waals surface area contributed by atoms with Crippen LogP contribution in [0.4, 0.5) is 5.69 Å². The van der Waals surface area contributed by atoms with E-state index in [1.54, 1.807) is 0 Å². The van der Waals surface area contributed by atoms with Crippen LogP contribution in [0.15, 0.2) is 24.3 Å². The van der Waals surface area contributed by atoms with Gasteiger partial charge in [-0.3, -0.25) is 4.79 Å². The molecule has 1 aliphatic heterocycles. The number of hydrogen-bond donors (Lipinski definition) is 0. The lowest BCUT2D eigenvalue weighted by atomic mass is 10.2. The molecule has 0 saturated carbocycles. The molecule has 1 aromatic carbocycles. The first kappa shape index (κ1) is 10.6. The number of fused-ring (bicyclic) bond motifs is 1. The second kappa shape index (κ2) is 4.27. The van der Waals surface area contributed by atoms with Gasteiger partial charge in [-0.2, -0.15) is 0 Å². The Balaban J connectivity index is 2.17. The van der Waals surface area contributed by atoms with Crippen molar-refractivity contribution in [3.63, 3.8) is 0 Å². The van der Waals surface area contributed by atoms with Gasteiger partial charge in [0.15, 0.2) is 5.75 Å². The molecule has 2 rings (SSSR count). The predicted octanol–water partition coefficient (Wildman–Crippen LogP) is 1.45. The Labute approximate surface area is 93.6 Å². The van der Waals surface area contributed by atoms with Crippen LogP contribution in [0.2, 0.25) is 0 Å². The van der Waals surface area contributed by atoms with Crippen molar-refractivity contribution in [1.29, 1.82) is 0 Å². The van der Waals surface area contributed by atoms with Gasteiger partial charge in [-0.15, -0.1) is 0 Å². The molecule has 1 aromatic rings. The third kappa shape index (κ3) is 2.17. The fraction of sp³-hybridized carbons (Fsp3) is 0.417. The standard InChI is InChI=1S/C12H16NOS/c1-15(2)9-12(14)13-8-7-10-5-3-4-6-11(10)13/h3-6H,7-9H2,1-2H3/q+1. The number of amides is 1. The molecule has 15 heavy (non-hydrogen) atoms. The SMILES string of the molecule is C[S+](C)CC(=O)N1CCc2ccccc21. The smallest absolute Gasteiger partial charge is 0.276 e. The molecule has 2 nitrogen and oxygen atoms in total. The summed E-state index contributed by atoms with van der Waals surface area (Å²) in [5.41, 5.74) is 2.42. The average Bonchev–Trinajstić information content (AvgIpc) is 2.59. The van der Waals surface area contributed by atoms with E-state index >= 15 is 0 Å². The van der Waals surface area contributed by atoms with Crippen molar-refractivity contribution < 1.29 is 4.79 Å². The minimum Gasteiger partial charge on any atom is -0.308 e. The van der Waals surface area contributed by atoms with Crippen LogP contribution >= 0.6 is 0 Å². The summed E-state index contributed by atoms with van der Waals surface area (Å²) in [5, 5.41) is 0. The van der Waals surface area contributed by atoms with E-state index in [1.807, 2.05) is 23.1 Å². The minimum atomic E-state index is 0.190. The lowest BCUT2D eigenvalue weighted by Gasteiger charge is -2.15. The summed E-state index contributed by atoms with van der Waals surface area (Å²) >= 11 is 0. The van der Waals surface area contributed by atoms with Crippen LogP contribution in [0, 0.1) is 0 Å². The zero-order valence-corrected chi connectivity index (χ0v) is 10.0. The largest absolute Gasteiger partial charge is 0.308 e. The van der Waals surface area contributed by atoms with E-state index in [0.29, 0.717) is 5.75 Å². The Morgan fingerprint density at radius 1 is 1.40 bits per heavy atom. The van der Waals surface area contributed by atoms with Gasteiger partial charge in [-0.25, -0.2) is 0 Å². The van der Waals surface area contributed by atoms with Crippen LogP contribution in [0.5, 0.6) is 0 Å². The first-order valence-electron chi connectivity index (χ1n) is 5.11.